The van der Waals surface area contributed by atoms with Crippen LogP contribution in [0.2, 0.25) is 0 Å². The first kappa shape index (κ1) is 11.3. The van der Waals surface area contributed by atoms with Gasteiger partial charge in [0.2, 0.25) is 0 Å². The first-order valence-electron chi connectivity index (χ1n) is 4.93. The summed E-state index contributed by atoms with van der Waals surface area (Å²) in [6.45, 7) is 4.25. The van der Waals surface area contributed by atoms with Gasteiger partial charge in [-0.25, -0.2) is 0 Å². The predicted octanol–water partition coefficient (Wildman–Crippen LogP) is 0.519. The van der Waals surface area contributed by atoms with Gasteiger partial charge >= 0.3 is 0 Å². The zero-order valence-electron chi connectivity index (χ0n) is 8.93. The summed E-state index contributed by atoms with van der Waals surface area (Å²) in [7, 11) is 0. The van der Waals surface area contributed by atoms with E-state index in [2.05, 4.69) is 49.9 Å². The topological polar surface area (TPSA) is 96.0 Å². The second-order valence-electron chi connectivity index (χ2n) is 3.00. The SMILES string of the molecule is CCC.c1n[nH]nc1CCc1nn[nH]n1. The quantitative estimate of drug-likeness (QED) is 0.768. The zero-order chi connectivity index (χ0) is 10.9. The van der Waals surface area contributed by atoms with Crippen molar-refractivity contribution in [1.82, 2.24) is 36.0 Å². The molecule has 2 heterocycles. The van der Waals surface area contributed by atoms with Crippen LogP contribution in [0.5, 0.6) is 0 Å². The van der Waals surface area contributed by atoms with E-state index in [1.807, 2.05) is 0 Å². The Labute approximate surface area is 87.7 Å². The van der Waals surface area contributed by atoms with E-state index < -0.39 is 0 Å². The summed E-state index contributed by atoms with van der Waals surface area (Å²) in [5.74, 6) is 0.693. The van der Waals surface area contributed by atoms with Gasteiger partial charge in [-0.15, -0.1) is 10.2 Å². The molecule has 2 aromatic rings. The highest BCUT2D eigenvalue weighted by Gasteiger charge is 2.00. The van der Waals surface area contributed by atoms with Crippen molar-refractivity contribution in [3.8, 4) is 0 Å². The molecule has 2 N–H and O–H groups in total. The number of H-pyrrole nitrogens is 2. The highest BCUT2D eigenvalue weighted by Crippen LogP contribution is 1.95. The number of rotatable bonds is 3. The Kier molecular flexibility index (Phi) is 4.99. The van der Waals surface area contributed by atoms with E-state index in [0.717, 1.165) is 18.5 Å². The van der Waals surface area contributed by atoms with Crippen molar-refractivity contribution in [1.29, 1.82) is 0 Å². The summed E-state index contributed by atoms with van der Waals surface area (Å²) in [6, 6.07) is 0. The molecule has 0 saturated carbocycles. The van der Waals surface area contributed by atoms with Crippen LogP contribution in [0.15, 0.2) is 6.20 Å². The largest absolute Gasteiger partial charge is 0.198 e. The molecule has 2 rings (SSSR count). The zero-order valence-corrected chi connectivity index (χ0v) is 8.93. The summed E-state index contributed by atoms with van der Waals surface area (Å²) < 4.78 is 0. The van der Waals surface area contributed by atoms with Gasteiger partial charge in [0.1, 0.15) is 0 Å². The fraction of sp³-hybridized carbons (Fsp3) is 0.625. The molecule has 0 radical (unpaired) electrons. The minimum absolute atomic E-state index is 0.693. The average Bonchev–Trinajstić information content (AvgIpc) is 2.90. The van der Waals surface area contributed by atoms with Gasteiger partial charge in [0.05, 0.1) is 11.9 Å². The van der Waals surface area contributed by atoms with Crippen molar-refractivity contribution < 1.29 is 0 Å². The minimum Gasteiger partial charge on any atom is -0.198 e. The second kappa shape index (κ2) is 6.63. The van der Waals surface area contributed by atoms with Crippen LogP contribution in [0, 0.1) is 0 Å². The number of nitrogens with one attached hydrogen (secondary N) is 2. The third kappa shape index (κ3) is 4.30. The number of aromatic nitrogens is 7. The normalized spacial score (nSPS) is 9.47. The molecule has 0 saturated heterocycles. The lowest BCUT2D eigenvalue weighted by atomic mass is 10.2. The van der Waals surface area contributed by atoms with Gasteiger partial charge in [-0.1, -0.05) is 25.5 Å². The highest BCUT2D eigenvalue weighted by molar-refractivity contribution is 4.93. The van der Waals surface area contributed by atoms with E-state index in [9.17, 15) is 0 Å². The van der Waals surface area contributed by atoms with Crippen LogP contribution in [0.25, 0.3) is 0 Å². The molecule has 0 unspecified atom stereocenters. The lowest BCUT2D eigenvalue weighted by Gasteiger charge is -1.88. The number of aryl methyl sites for hydroxylation is 2. The van der Waals surface area contributed by atoms with Crippen LogP contribution < -0.4 is 0 Å². The van der Waals surface area contributed by atoms with E-state index in [4.69, 9.17) is 0 Å². The fourth-order valence-electron chi connectivity index (χ4n) is 0.874. The number of aromatic amines is 2. The summed E-state index contributed by atoms with van der Waals surface area (Å²) in [5, 5.41) is 23.6. The Morgan fingerprint density at radius 1 is 1.13 bits per heavy atom. The van der Waals surface area contributed by atoms with Crippen molar-refractivity contribution in [2.45, 2.75) is 33.1 Å². The Hall–Kier alpha value is -1.79. The summed E-state index contributed by atoms with van der Waals surface area (Å²) >= 11 is 0. The molecule has 0 aliphatic carbocycles. The lowest BCUT2D eigenvalue weighted by molar-refractivity contribution is 0.826. The Morgan fingerprint density at radius 2 is 1.93 bits per heavy atom. The first-order chi connectivity index (χ1) is 7.36. The number of nitrogens with zero attached hydrogens (tertiary/aromatic N) is 5. The van der Waals surface area contributed by atoms with E-state index >= 15 is 0 Å². The third-order valence-corrected chi connectivity index (χ3v) is 1.46. The highest BCUT2D eigenvalue weighted by atomic mass is 15.5. The standard InChI is InChI=1S/C5H7N7.C3H8/c1(4-3-6-10-7-4)2-5-8-11-12-9-5;1-3-2/h3H,1-2H2,(H,6,7,10)(H,8,9,11,12);3H2,1-2H3. The van der Waals surface area contributed by atoms with Gasteiger partial charge < -0.3 is 0 Å². The van der Waals surface area contributed by atoms with Gasteiger partial charge in [0, 0.05) is 12.8 Å². The molecule has 82 valence electrons. The van der Waals surface area contributed by atoms with Crippen LogP contribution in [-0.4, -0.2) is 36.0 Å². The van der Waals surface area contributed by atoms with Crippen LogP contribution in [0.4, 0.5) is 0 Å². The van der Waals surface area contributed by atoms with Gasteiger partial charge in [0.15, 0.2) is 5.82 Å². The van der Waals surface area contributed by atoms with E-state index in [0.29, 0.717) is 5.82 Å². The molecular weight excluding hydrogens is 194 g/mol. The van der Waals surface area contributed by atoms with Crippen molar-refractivity contribution in [2.24, 2.45) is 0 Å². The molecule has 0 aliphatic heterocycles. The smallest absolute Gasteiger partial charge is 0.174 e. The average molecular weight is 209 g/mol. The Morgan fingerprint density at radius 3 is 2.47 bits per heavy atom. The molecule has 0 aliphatic rings. The molecule has 0 amide bonds. The van der Waals surface area contributed by atoms with Gasteiger partial charge in [-0.3, -0.25) is 0 Å². The molecule has 0 fully saturated rings. The molecule has 7 nitrogen and oxygen atoms in total. The number of hydrogen-bond acceptors (Lipinski definition) is 5. The van der Waals surface area contributed by atoms with Crippen LogP contribution in [0.3, 0.4) is 0 Å². The Bertz CT molecular complexity index is 292. The Balaban J connectivity index is 0.000000337. The fourth-order valence-corrected chi connectivity index (χ4v) is 0.874. The molecular formula is C8H15N7. The molecule has 7 heteroatoms. The van der Waals surface area contributed by atoms with Gasteiger partial charge in [-0.2, -0.15) is 20.6 Å². The molecule has 0 atom stereocenters. The van der Waals surface area contributed by atoms with Crippen molar-refractivity contribution >= 4 is 0 Å². The van der Waals surface area contributed by atoms with Gasteiger partial charge in [0.25, 0.3) is 0 Å². The molecule has 15 heavy (non-hydrogen) atoms. The molecule has 0 aromatic carbocycles. The monoisotopic (exact) mass is 209 g/mol. The van der Waals surface area contributed by atoms with Crippen LogP contribution >= 0.6 is 0 Å². The molecule has 0 bridgehead atoms. The van der Waals surface area contributed by atoms with E-state index in [1.54, 1.807) is 6.20 Å². The predicted molar refractivity (Wildman–Crippen MR) is 53.9 cm³/mol. The third-order valence-electron chi connectivity index (χ3n) is 1.46. The summed E-state index contributed by atoms with van der Waals surface area (Å²) in [4.78, 5) is 0. The maximum absolute atomic E-state index is 3.89. The summed E-state index contributed by atoms with van der Waals surface area (Å²) in [5.41, 5.74) is 0.903. The van der Waals surface area contributed by atoms with Crippen molar-refractivity contribution in [3.63, 3.8) is 0 Å². The second-order valence-corrected chi connectivity index (χ2v) is 3.00. The number of tetrazole rings is 1. The van der Waals surface area contributed by atoms with Crippen molar-refractivity contribution in [3.05, 3.63) is 17.7 Å². The van der Waals surface area contributed by atoms with Crippen LogP contribution in [-0.2, 0) is 12.8 Å². The summed E-state index contributed by atoms with van der Waals surface area (Å²) in [6.07, 6.45) is 4.43. The van der Waals surface area contributed by atoms with Gasteiger partial charge in [-0.05, 0) is 0 Å². The number of hydrogen-bond donors (Lipinski definition) is 2. The van der Waals surface area contributed by atoms with E-state index in [1.165, 1.54) is 6.42 Å². The van der Waals surface area contributed by atoms with Crippen LogP contribution in [0.1, 0.15) is 31.8 Å². The molecule has 0 spiro atoms. The maximum atomic E-state index is 3.89. The molecule has 2 aromatic heterocycles. The maximum Gasteiger partial charge on any atom is 0.174 e. The minimum atomic E-state index is 0.693. The first-order valence-corrected chi connectivity index (χ1v) is 4.93. The van der Waals surface area contributed by atoms with E-state index in [-0.39, 0.29) is 0 Å². The lowest BCUT2D eigenvalue weighted by Crippen LogP contribution is -1.93. The van der Waals surface area contributed by atoms with Crippen molar-refractivity contribution in [2.75, 3.05) is 0 Å².